The summed E-state index contributed by atoms with van der Waals surface area (Å²) in [6.45, 7) is 5.70. The number of hydrogen-bond donors (Lipinski definition) is 2. The topological polar surface area (TPSA) is 58.6 Å². The fourth-order valence-corrected chi connectivity index (χ4v) is 1.69. The molecular formula is C14H21NO3. The van der Waals surface area contributed by atoms with Gasteiger partial charge in [0.1, 0.15) is 5.75 Å². The Labute approximate surface area is 108 Å². The van der Waals surface area contributed by atoms with E-state index in [0.29, 0.717) is 17.9 Å². The number of methoxy groups -OCH3 is 1. The summed E-state index contributed by atoms with van der Waals surface area (Å²) in [4.78, 5) is 11.9. The highest BCUT2D eigenvalue weighted by Crippen LogP contribution is 2.28. The van der Waals surface area contributed by atoms with Crippen molar-refractivity contribution in [3.05, 3.63) is 23.3 Å². The van der Waals surface area contributed by atoms with Gasteiger partial charge in [-0.3, -0.25) is 4.79 Å². The summed E-state index contributed by atoms with van der Waals surface area (Å²) in [6, 6.07) is 3.78. The second kappa shape index (κ2) is 6.40. The molecule has 0 aliphatic carbocycles. The molecule has 0 bridgehead atoms. The van der Waals surface area contributed by atoms with Gasteiger partial charge in [0.15, 0.2) is 0 Å². The third kappa shape index (κ3) is 3.23. The minimum absolute atomic E-state index is 0.143. The fraction of sp³-hybridized carbons (Fsp3) is 0.500. The molecule has 0 radical (unpaired) electrons. The summed E-state index contributed by atoms with van der Waals surface area (Å²) in [7, 11) is 1.57. The predicted molar refractivity (Wildman–Crippen MR) is 72.0 cm³/mol. The van der Waals surface area contributed by atoms with E-state index < -0.39 is 0 Å². The second-order valence-corrected chi connectivity index (χ2v) is 4.41. The molecular weight excluding hydrogens is 230 g/mol. The molecule has 0 saturated heterocycles. The number of carbonyl (C=O) groups is 1. The predicted octanol–water partition coefficient (Wildman–Crippen LogP) is 2.27. The minimum atomic E-state index is -0.378. The number of ether oxygens (including phenoxy) is 1. The molecule has 1 amide bonds. The van der Waals surface area contributed by atoms with Gasteiger partial charge in [0.25, 0.3) is 0 Å². The number of rotatable bonds is 5. The number of aryl methyl sites for hydroxylation is 2. The molecule has 1 aromatic carbocycles. The molecule has 0 aromatic heterocycles. The van der Waals surface area contributed by atoms with Crippen molar-refractivity contribution in [2.45, 2.75) is 27.2 Å². The lowest BCUT2D eigenvalue weighted by molar-refractivity contribution is -0.121. The molecule has 0 spiro atoms. The number of hydrogen-bond acceptors (Lipinski definition) is 3. The van der Waals surface area contributed by atoms with Crippen molar-refractivity contribution in [2.24, 2.45) is 5.92 Å². The monoisotopic (exact) mass is 251 g/mol. The van der Waals surface area contributed by atoms with Crippen LogP contribution in [0.25, 0.3) is 0 Å². The smallest absolute Gasteiger partial charge is 0.229 e. The van der Waals surface area contributed by atoms with Gasteiger partial charge in [-0.25, -0.2) is 0 Å². The molecule has 0 heterocycles. The van der Waals surface area contributed by atoms with Crippen LogP contribution in [0.5, 0.6) is 5.75 Å². The lowest BCUT2D eigenvalue weighted by atomic mass is 10.1. The molecule has 4 nitrogen and oxygen atoms in total. The Kier molecular flexibility index (Phi) is 5.16. The Morgan fingerprint density at radius 3 is 2.50 bits per heavy atom. The molecule has 18 heavy (non-hydrogen) atoms. The maximum Gasteiger partial charge on any atom is 0.229 e. The summed E-state index contributed by atoms with van der Waals surface area (Å²) < 4.78 is 5.25. The first-order valence-corrected chi connectivity index (χ1v) is 6.10. The largest absolute Gasteiger partial charge is 0.495 e. The minimum Gasteiger partial charge on any atom is -0.495 e. The number of amides is 1. The number of aliphatic hydroxyl groups excluding tert-OH is 1. The zero-order valence-electron chi connectivity index (χ0n) is 11.4. The van der Waals surface area contributed by atoms with E-state index in [4.69, 9.17) is 9.84 Å². The summed E-state index contributed by atoms with van der Waals surface area (Å²) >= 11 is 0. The van der Waals surface area contributed by atoms with E-state index in [1.54, 1.807) is 7.11 Å². The quantitative estimate of drug-likeness (QED) is 0.844. The number of benzene rings is 1. The lowest BCUT2D eigenvalue weighted by Gasteiger charge is -2.16. The third-order valence-electron chi connectivity index (χ3n) is 3.16. The van der Waals surface area contributed by atoms with Crippen LogP contribution in [0.15, 0.2) is 12.1 Å². The molecule has 0 saturated carbocycles. The van der Waals surface area contributed by atoms with Crippen LogP contribution in [0.3, 0.4) is 0 Å². The van der Waals surface area contributed by atoms with Gasteiger partial charge in [0, 0.05) is 0 Å². The van der Waals surface area contributed by atoms with E-state index >= 15 is 0 Å². The molecule has 0 fully saturated rings. The summed E-state index contributed by atoms with van der Waals surface area (Å²) in [5, 5.41) is 11.9. The first-order chi connectivity index (χ1) is 8.53. The molecule has 1 rings (SSSR count). The molecule has 1 unspecified atom stereocenters. The molecule has 2 N–H and O–H groups in total. The summed E-state index contributed by atoms with van der Waals surface area (Å²) in [6.07, 6.45) is 0.607. The van der Waals surface area contributed by atoms with E-state index in [2.05, 4.69) is 5.32 Å². The molecule has 1 aromatic rings. The highest BCUT2D eigenvalue weighted by molar-refractivity contribution is 5.94. The van der Waals surface area contributed by atoms with E-state index in [1.807, 2.05) is 32.9 Å². The number of anilines is 1. The molecule has 0 aliphatic rings. The van der Waals surface area contributed by atoms with Crippen molar-refractivity contribution >= 4 is 11.6 Å². The Hall–Kier alpha value is -1.55. The average Bonchev–Trinajstić information content (AvgIpc) is 2.35. The van der Waals surface area contributed by atoms with Crippen LogP contribution in [0.4, 0.5) is 5.69 Å². The van der Waals surface area contributed by atoms with Crippen LogP contribution < -0.4 is 10.1 Å². The first-order valence-electron chi connectivity index (χ1n) is 6.10. The van der Waals surface area contributed by atoms with Gasteiger partial charge < -0.3 is 15.2 Å². The van der Waals surface area contributed by atoms with Crippen molar-refractivity contribution in [3.8, 4) is 5.75 Å². The zero-order chi connectivity index (χ0) is 13.7. The van der Waals surface area contributed by atoms with Gasteiger partial charge in [-0.05, 0) is 43.5 Å². The maximum atomic E-state index is 11.9. The third-order valence-corrected chi connectivity index (χ3v) is 3.16. The van der Waals surface area contributed by atoms with Crippen molar-refractivity contribution in [2.75, 3.05) is 19.0 Å². The van der Waals surface area contributed by atoms with Gasteiger partial charge in [0.2, 0.25) is 5.91 Å². The normalized spacial score (nSPS) is 12.1. The highest BCUT2D eigenvalue weighted by Gasteiger charge is 2.17. The molecule has 0 aliphatic heterocycles. The Bertz CT molecular complexity index is 425. The van der Waals surface area contributed by atoms with Crippen molar-refractivity contribution in [1.82, 2.24) is 0 Å². The van der Waals surface area contributed by atoms with Crippen molar-refractivity contribution < 1.29 is 14.6 Å². The van der Waals surface area contributed by atoms with Crippen LogP contribution in [0, 0.1) is 19.8 Å². The Morgan fingerprint density at radius 2 is 2.00 bits per heavy atom. The Morgan fingerprint density at radius 1 is 1.39 bits per heavy atom. The number of aliphatic hydroxyl groups is 1. The van der Waals surface area contributed by atoms with Gasteiger partial charge >= 0.3 is 0 Å². The van der Waals surface area contributed by atoms with E-state index in [9.17, 15) is 4.79 Å². The Balaban J connectivity index is 2.96. The van der Waals surface area contributed by atoms with Crippen LogP contribution >= 0.6 is 0 Å². The SMILES string of the molecule is CCC(CO)C(=O)Nc1cc(C)c(C)cc1OC. The average molecular weight is 251 g/mol. The first kappa shape index (κ1) is 14.5. The maximum absolute atomic E-state index is 11.9. The van der Waals surface area contributed by atoms with E-state index in [-0.39, 0.29) is 18.4 Å². The molecule has 4 heteroatoms. The number of carbonyl (C=O) groups excluding carboxylic acids is 1. The van der Waals surface area contributed by atoms with E-state index in [1.165, 1.54) is 0 Å². The number of nitrogens with one attached hydrogen (secondary N) is 1. The van der Waals surface area contributed by atoms with Crippen LogP contribution in [0.1, 0.15) is 24.5 Å². The van der Waals surface area contributed by atoms with Crippen LogP contribution in [0.2, 0.25) is 0 Å². The van der Waals surface area contributed by atoms with Gasteiger partial charge in [-0.1, -0.05) is 6.92 Å². The van der Waals surface area contributed by atoms with Gasteiger partial charge in [-0.2, -0.15) is 0 Å². The molecule has 1 atom stereocenters. The van der Waals surface area contributed by atoms with Crippen LogP contribution in [-0.4, -0.2) is 24.7 Å². The van der Waals surface area contributed by atoms with Gasteiger partial charge in [0.05, 0.1) is 25.3 Å². The fourth-order valence-electron chi connectivity index (χ4n) is 1.69. The van der Waals surface area contributed by atoms with Crippen molar-refractivity contribution in [1.29, 1.82) is 0 Å². The lowest BCUT2D eigenvalue weighted by Crippen LogP contribution is -2.25. The zero-order valence-corrected chi connectivity index (χ0v) is 11.4. The standard InChI is InChI=1S/C14H21NO3/c1-5-11(8-16)14(17)15-12-6-9(2)10(3)7-13(12)18-4/h6-7,11,16H,5,8H2,1-4H3,(H,15,17). The second-order valence-electron chi connectivity index (χ2n) is 4.41. The summed E-state index contributed by atoms with van der Waals surface area (Å²) in [5.41, 5.74) is 2.85. The van der Waals surface area contributed by atoms with E-state index in [0.717, 1.165) is 11.1 Å². The van der Waals surface area contributed by atoms with Crippen LogP contribution in [-0.2, 0) is 4.79 Å². The highest BCUT2D eigenvalue weighted by atomic mass is 16.5. The van der Waals surface area contributed by atoms with Crippen molar-refractivity contribution in [3.63, 3.8) is 0 Å². The van der Waals surface area contributed by atoms with Gasteiger partial charge in [-0.15, -0.1) is 0 Å². The summed E-state index contributed by atoms with van der Waals surface area (Å²) in [5.74, 6) is 0.0807. The molecule has 100 valence electrons.